The summed E-state index contributed by atoms with van der Waals surface area (Å²) in [7, 11) is 5.00. The topological polar surface area (TPSA) is 68.0 Å². The number of nitrogens with zero attached hydrogens (tertiary/aromatic N) is 3. The summed E-state index contributed by atoms with van der Waals surface area (Å²) in [6.45, 7) is 2.75. The third-order valence-corrected chi connectivity index (χ3v) is 4.62. The number of amides is 1. The molecule has 0 aliphatic carbocycles. The highest BCUT2D eigenvalue weighted by atomic mass is 16.5. The van der Waals surface area contributed by atoms with Crippen molar-refractivity contribution in [3.63, 3.8) is 0 Å². The number of benzene rings is 1. The van der Waals surface area contributed by atoms with Gasteiger partial charge in [0, 0.05) is 39.4 Å². The molecular formula is C19H25N3O4. The molecule has 7 nitrogen and oxygen atoms in total. The highest BCUT2D eigenvalue weighted by Crippen LogP contribution is 2.34. The normalized spacial score (nSPS) is 13.9. The fourth-order valence-corrected chi connectivity index (χ4v) is 3.08. The first-order valence-electron chi connectivity index (χ1n) is 8.79. The average Bonchev–Trinajstić information content (AvgIpc) is 3.34. The standard InChI is InChI=1S/C19H25N3O4/c1-21(12-13-24-2)19(23)16-17(14-6-8-15(25-3)9-7-14)26-20-18(16)22-10-4-5-11-22/h6-9H,4-5,10-13H2,1-3H3. The second kappa shape index (κ2) is 8.23. The molecule has 2 aromatic rings. The summed E-state index contributed by atoms with van der Waals surface area (Å²) in [5, 5.41) is 4.24. The van der Waals surface area contributed by atoms with Crippen LogP contribution in [0, 0.1) is 0 Å². The van der Waals surface area contributed by atoms with Crippen LogP contribution in [0.3, 0.4) is 0 Å². The van der Waals surface area contributed by atoms with Crippen LogP contribution in [-0.4, -0.2) is 63.5 Å². The zero-order chi connectivity index (χ0) is 18.5. The number of hydrogen-bond acceptors (Lipinski definition) is 6. The van der Waals surface area contributed by atoms with Gasteiger partial charge in [-0.2, -0.15) is 0 Å². The van der Waals surface area contributed by atoms with E-state index < -0.39 is 0 Å². The lowest BCUT2D eigenvalue weighted by molar-refractivity contribution is 0.0745. The van der Waals surface area contributed by atoms with Crippen LogP contribution in [0.4, 0.5) is 5.82 Å². The lowest BCUT2D eigenvalue weighted by Gasteiger charge is -2.20. The van der Waals surface area contributed by atoms with Gasteiger partial charge in [0.15, 0.2) is 11.6 Å². The van der Waals surface area contributed by atoms with Crippen molar-refractivity contribution in [3.05, 3.63) is 29.8 Å². The number of methoxy groups -OCH3 is 2. The Morgan fingerprint density at radius 1 is 1.23 bits per heavy atom. The molecule has 0 unspecified atom stereocenters. The summed E-state index contributed by atoms with van der Waals surface area (Å²) in [5.41, 5.74) is 1.31. The fourth-order valence-electron chi connectivity index (χ4n) is 3.08. The van der Waals surface area contributed by atoms with Crippen molar-refractivity contribution in [2.75, 3.05) is 52.4 Å². The summed E-state index contributed by atoms with van der Waals surface area (Å²) in [5.74, 6) is 1.75. The largest absolute Gasteiger partial charge is 0.497 e. The van der Waals surface area contributed by atoms with E-state index in [4.69, 9.17) is 14.0 Å². The second-order valence-electron chi connectivity index (χ2n) is 6.35. The SMILES string of the molecule is COCCN(C)C(=O)c1c(N2CCCC2)noc1-c1ccc(OC)cc1. The summed E-state index contributed by atoms with van der Waals surface area (Å²) >= 11 is 0. The fraction of sp³-hybridized carbons (Fsp3) is 0.474. The Bertz CT molecular complexity index is 736. The maximum absolute atomic E-state index is 13.1. The van der Waals surface area contributed by atoms with E-state index in [-0.39, 0.29) is 5.91 Å². The quantitative estimate of drug-likeness (QED) is 0.757. The van der Waals surface area contributed by atoms with Crippen molar-refractivity contribution in [2.24, 2.45) is 0 Å². The van der Waals surface area contributed by atoms with Crippen molar-refractivity contribution in [1.82, 2.24) is 10.1 Å². The van der Waals surface area contributed by atoms with Gasteiger partial charge < -0.3 is 23.8 Å². The Morgan fingerprint density at radius 3 is 2.54 bits per heavy atom. The minimum Gasteiger partial charge on any atom is -0.497 e. The molecule has 1 fully saturated rings. The van der Waals surface area contributed by atoms with Gasteiger partial charge in [-0.3, -0.25) is 4.79 Å². The molecule has 0 atom stereocenters. The van der Waals surface area contributed by atoms with Gasteiger partial charge in [0.2, 0.25) is 0 Å². The molecule has 1 aromatic carbocycles. The van der Waals surface area contributed by atoms with E-state index in [1.54, 1.807) is 26.2 Å². The lowest BCUT2D eigenvalue weighted by Crippen LogP contribution is -2.32. The van der Waals surface area contributed by atoms with Crippen molar-refractivity contribution >= 4 is 11.7 Å². The number of aromatic nitrogens is 1. The molecule has 1 aliphatic rings. The van der Waals surface area contributed by atoms with Gasteiger partial charge in [0.05, 0.1) is 13.7 Å². The summed E-state index contributed by atoms with van der Waals surface area (Å²) in [4.78, 5) is 16.9. The number of likely N-dealkylation sites (N-methyl/N-ethyl adjacent to an activating group) is 1. The van der Waals surface area contributed by atoms with Crippen LogP contribution in [0.15, 0.2) is 28.8 Å². The molecular weight excluding hydrogens is 334 g/mol. The third kappa shape index (κ3) is 3.67. The highest BCUT2D eigenvalue weighted by molar-refractivity contribution is 6.04. The molecule has 0 spiro atoms. The van der Waals surface area contributed by atoms with E-state index in [1.165, 1.54) is 0 Å². The molecule has 0 bridgehead atoms. The number of hydrogen-bond donors (Lipinski definition) is 0. The van der Waals surface area contributed by atoms with Crippen LogP contribution in [0.2, 0.25) is 0 Å². The molecule has 1 aromatic heterocycles. The number of anilines is 1. The van der Waals surface area contributed by atoms with Crippen LogP contribution < -0.4 is 9.64 Å². The van der Waals surface area contributed by atoms with Gasteiger partial charge in [-0.05, 0) is 37.1 Å². The second-order valence-corrected chi connectivity index (χ2v) is 6.35. The molecule has 0 N–H and O–H groups in total. The van der Waals surface area contributed by atoms with E-state index in [1.807, 2.05) is 24.3 Å². The molecule has 1 aliphatic heterocycles. The van der Waals surface area contributed by atoms with Crippen molar-refractivity contribution in [3.8, 4) is 17.1 Å². The van der Waals surface area contributed by atoms with Crippen molar-refractivity contribution in [2.45, 2.75) is 12.8 Å². The molecule has 140 valence electrons. The van der Waals surface area contributed by atoms with Gasteiger partial charge in [-0.1, -0.05) is 5.16 Å². The molecule has 2 heterocycles. The first-order valence-corrected chi connectivity index (χ1v) is 8.79. The molecule has 0 saturated carbocycles. The number of rotatable bonds is 7. The zero-order valence-corrected chi connectivity index (χ0v) is 15.5. The Morgan fingerprint density at radius 2 is 1.92 bits per heavy atom. The molecule has 1 saturated heterocycles. The van der Waals surface area contributed by atoms with Gasteiger partial charge in [0.1, 0.15) is 11.3 Å². The van der Waals surface area contributed by atoms with Gasteiger partial charge in [-0.15, -0.1) is 0 Å². The van der Waals surface area contributed by atoms with Gasteiger partial charge >= 0.3 is 0 Å². The Balaban J connectivity index is 1.99. The highest BCUT2D eigenvalue weighted by Gasteiger charge is 2.30. The summed E-state index contributed by atoms with van der Waals surface area (Å²) < 4.78 is 15.9. The minimum absolute atomic E-state index is 0.115. The van der Waals surface area contributed by atoms with Gasteiger partial charge in [0.25, 0.3) is 5.91 Å². The first kappa shape index (κ1) is 18.3. The number of ether oxygens (including phenoxy) is 2. The Labute approximate surface area is 153 Å². The van der Waals surface area contributed by atoms with Crippen molar-refractivity contribution < 1.29 is 18.8 Å². The predicted octanol–water partition coefficient (Wildman–Crippen LogP) is 2.67. The van der Waals surface area contributed by atoms with Crippen LogP contribution in [0.5, 0.6) is 5.75 Å². The Hall–Kier alpha value is -2.54. The minimum atomic E-state index is -0.115. The number of carbonyl (C=O) groups excluding carboxylic acids is 1. The average molecular weight is 359 g/mol. The predicted molar refractivity (Wildman–Crippen MR) is 98.8 cm³/mol. The summed E-state index contributed by atoms with van der Waals surface area (Å²) in [6, 6.07) is 7.44. The zero-order valence-electron chi connectivity index (χ0n) is 15.5. The van der Waals surface area contributed by atoms with Gasteiger partial charge in [-0.25, -0.2) is 0 Å². The maximum Gasteiger partial charge on any atom is 0.261 e. The molecule has 26 heavy (non-hydrogen) atoms. The Kier molecular flexibility index (Phi) is 5.78. The molecule has 0 radical (unpaired) electrons. The first-order chi connectivity index (χ1) is 12.7. The van der Waals surface area contributed by atoms with E-state index in [9.17, 15) is 4.79 Å². The van der Waals surface area contributed by atoms with E-state index in [0.29, 0.717) is 30.3 Å². The summed E-state index contributed by atoms with van der Waals surface area (Å²) in [6.07, 6.45) is 2.19. The van der Waals surface area contributed by atoms with Crippen LogP contribution in [0.1, 0.15) is 23.2 Å². The van der Waals surface area contributed by atoms with E-state index in [2.05, 4.69) is 10.1 Å². The third-order valence-electron chi connectivity index (χ3n) is 4.62. The van der Waals surface area contributed by atoms with E-state index >= 15 is 0 Å². The van der Waals surface area contributed by atoms with Crippen LogP contribution in [0.25, 0.3) is 11.3 Å². The molecule has 7 heteroatoms. The van der Waals surface area contributed by atoms with Crippen molar-refractivity contribution in [1.29, 1.82) is 0 Å². The monoisotopic (exact) mass is 359 g/mol. The van der Waals surface area contributed by atoms with E-state index in [0.717, 1.165) is 37.2 Å². The molecule has 3 rings (SSSR count). The lowest BCUT2D eigenvalue weighted by atomic mass is 10.1. The van der Waals surface area contributed by atoms with Crippen LogP contribution >= 0.6 is 0 Å². The molecule has 1 amide bonds. The smallest absolute Gasteiger partial charge is 0.261 e. The number of carbonyl (C=O) groups is 1. The van der Waals surface area contributed by atoms with Crippen LogP contribution in [-0.2, 0) is 4.74 Å². The maximum atomic E-state index is 13.1.